The van der Waals surface area contributed by atoms with Crippen molar-refractivity contribution in [3.05, 3.63) is 0 Å². The fourth-order valence-electron chi connectivity index (χ4n) is 2.51. The Labute approximate surface area is 106 Å². The summed E-state index contributed by atoms with van der Waals surface area (Å²) in [4.78, 5) is 11.9. The molecule has 0 aromatic rings. The van der Waals surface area contributed by atoms with Crippen LogP contribution in [0.4, 0.5) is 0 Å². The molecule has 0 aliphatic heterocycles. The maximum Gasteiger partial charge on any atom is 0.312 e. The molecule has 0 heterocycles. The molecule has 15 heavy (non-hydrogen) atoms. The molecule has 1 atom stereocenters. The van der Waals surface area contributed by atoms with Crippen LogP contribution in [0.3, 0.4) is 0 Å². The van der Waals surface area contributed by atoms with E-state index >= 15 is 0 Å². The van der Waals surface area contributed by atoms with Gasteiger partial charge in [-0.1, -0.05) is 55.2 Å². The summed E-state index contributed by atoms with van der Waals surface area (Å²) in [5.41, 5.74) is -0.162. The number of esters is 1. The normalized spacial score (nSPS) is 21.3. The van der Waals surface area contributed by atoms with Crippen LogP contribution in [0, 0.1) is 5.41 Å². The van der Waals surface area contributed by atoms with Crippen molar-refractivity contribution in [3.8, 4) is 0 Å². The van der Waals surface area contributed by atoms with Crippen LogP contribution in [0.25, 0.3) is 0 Å². The van der Waals surface area contributed by atoms with E-state index in [0.717, 1.165) is 19.3 Å². The SMILES string of the molecule is CCCCC(I)C1(C(=O)OC)CCCC1. The summed E-state index contributed by atoms with van der Waals surface area (Å²) in [6.45, 7) is 2.20. The van der Waals surface area contributed by atoms with Crippen molar-refractivity contribution >= 4 is 28.6 Å². The van der Waals surface area contributed by atoms with Crippen molar-refractivity contribution in [3.63, 3.8) is 0 Å². The minimum atomic E-state index is -0.162. The second-order valence-corrected chi connectivity index (χ2v) is 5.97. The molecule has 0 bridgehead atoms. The lowest BCUT2D eigenvalue weighted by molar-refractivity contribution is -0.152. The smallest absolute Gasteiger partial charge is 0.312 e. The minimum Gasteiger partial charge on any atom is -0.469 e. The number of methoxy groups -OCH3 is 1. The lowest BCUT2D eigenvalue weighted by Crippen LogP contribution is -2.37. The molecule has 1 aliphatic carbocycles. The molecule has 0 amide bonds. The fourth-order valence-corrected chi connectivity index (χ4v) is 3.83. The highest BCUT2D eigenvalue weighted by molar-refractivity contribution is 14.1. The maximum absolute atomic E-state index is 11.9. The monoisotopic (exact) mass is 324 g/mol. The third-order valence-electron chi connectivity index (χ3n) is 3.50. The Hall–Kier alpha value is 0.200. The Kier molecular flexibility index (Phi) is 5.36. The van der Waals surface area contributed by atoms with Gasteiger partial charge in [0.2, 0.25) is 0 Å². The number of halogens is 1. The molecule has 0 spiro atoms. The molecule has 0 radical (unpaired) electrons. The molecule has 1 aliphatic rings. The van der Waals surface area contributed by atoms with E-state index in [1.54, 1.807) is 0 Å². The van der Waals surface area contributed by atoms with Crippen LogP contribution < -0.4 is 0 Å². The predicted octanol–water partition coefficient (Wildman–Crippen LogP) is 3.71. The Morgan fingerprint density at radius 2 is 2.07 bits per heavy atom. The maximum atomic E-state index is 11.9. The van der Waals surface area contributed by atoms with Gasteiger partial charge in [0.25, 0.3) is 0 Å². The zero-order chi connectivity index (χ0) is 11.3. The van der Waals surface area contributed by atoms with Gasteiger partial charge >= 0.3 is 5.97 Å². The molecule has 0 aromatic carbocycles. The number of ether oxygens (including phenoxy) is 1. The summed E-state index contributed by atoms with van der Waals surface area (Å²) in [5.74, 6) is 0.0236. The van der Waals surface area contributed by atoms with Crippen LogP contribution in [0.1, 0.15) is 51.9 Å². The molecule has 0 saturated heterocycles. The summed E-state index contributed by atoms with van der Waals surface area (Å²) in [5, 5.41) is 0. The highest BCUT2D eigenvalue weighted by Gasteiger charge is 2.47. The van der Waals surface area contributed by atoms with Crippen molar-refractivity contribution in [2.24, 2.45) is 5.41 Å². The quantitative estimate of drug-likeness (QED) is 0.438. The first kappa shape index (κ1) is 13.3. The molecule has 1 unspecified atom stereocenters. The number of unbranched alkanes of at least 4 members (excludes halogenated alkanes) is 1. The first-order chi connectivity index (χ1) is 7.17. The van der Waals surface area contributed by atoms with Gasteiger partial charge in [0, 0.05) is 3.92 Å². The van der Waals surface area contributed by atoms with Gasteiger partial charge in [-0.05, 0) is 19.3 Å². The zero-order valence-electron chi connectivity index (χ0n) is 9.72. The van der Waals surface area contributed by atoms with E-state index in [-0.39, 0.29) is 11.4 Å². The first-order valence-corrected chi connectivity index (χ1v) is 7.14. The van der Waals surface area contributed by atoms with Crippen LogP contribution in [0.5, 0.6) is 0 Å². The number of rotatable bonds is 5. The van der Waals surface area contributed by atoms with Gasteiger partial charge in [-0.3, -0.25) is 4.79 Å². The molecule has 0 aromatic heterocycles. The Morgan fingerprint density at radius 1 is 1.47 bits per heavy atom. The Balaban J connectivity index is 2.67. The molecule has 0 N–H and O–H groups in total. The molecule has 1 rings (SSSR count). The van der Waals surface area contributed by atoms with Gasteiger partial charge < -0.3 is 4.74 Å². The summed E-state index contributed by atoms with van der Waals surface area (Å²) >= 11 is 2.46. The van der Waals surface area contributed by atoms with E-state index in [1.165, 1.54) is 32.8 Å². The lowest BCUT2D eigenvalue weighted by Gasteiger charge is -2.31. The van der Waals surface area contributed by atoms with Gasteiger partial charge in [-0.25, -0.2) is 0 Å². The van der Waals surface area contributed by atoms with Crippen LogP contribution in [0.15, 0.2) is 0 Å². The van der Waals surface area contributed by atoms with Gasteiger partial charge in [0.15, 0.2) is 0 Å². The number of hydrogen-bond acceptors (Lipinski definition) is 2. The van der Waals surface area contributed by atoms with Crippen LogP contribution in [-0.4, -0.2) is 17.0 Å². The number of carbonyl (C=O) groups is 1. The van der Waals surface area contributed by atoms with Crippen LogP contribution in [-0.2, 0) is 9.53 Å². The van der Waals surface area contributed by atoms with Crippen molar-refractivity contribution in [2.45, 2.75) is 55.8 Å². The highest BCUT2D eigenvalue weighted by atomic mass is 127. The number of carbonyl (C=O) groups excluding carboxylic acids is 1. The predicted molar refractivity (Wildman–Crippen MR) is 70.3 cm³/mol. The van der Waals surface area contributed by atoms with Gasteiger partial charge in [-0.2, -0.15) is 0 Å². The molecule has 88 valence electrons. The second kappa shape index (κ2) is 6.06. The largest absolute Gasteiger partial charge is 0.469 e. The van der Waals surface area contributed by atoms with Crippen LogP contribution >= 0.6 is 22.6 Å². The summed E-state index contributed by atoms with van der Waals surface area (Å²) < 4.78 is 5.44. The van der Waals surface area contributed by atoms with Crippen molar-refractivity contribution in [1.29, 1.82) is 0 Å². The average molecular weight is 324 g/mol. The number of alkyl halides is 1. The fraction of sp³-hybridized carbons (Fsp3) is 0.917. The third-order valence-corrected chi connectivity index (χ3v) is 5.31. The van der Waals surface area contributed by atoms with Gasteiger partial charge in [-0.15, -0.1) is 0 Å². The van der Waals surface area contributed by atoms with E-state index in [4.69, 9.17) is 4.74 Å². The van der Waals surface area contributed by atoms with E-state index in [1.807, 2.05) is 0 Å². The van der Waals surface area contributed by atoms with Gasteiger partial charge in [0.05, 0.1) is 12.5 Å². The Bertz CT molecular complexity index is 210. The van der Waals surface area contributed by atoms with E-state index < -0.39 is 0 Å². The van der Waals surface area contributed by atoms with E-state index in [2.05, 4.69) is 29.5 Å². The van der Waals surface area contributed by atoms with Crippen molar-refractivity contribution in [2.75, 3.05) is 7.11 Å². The van der Waals surface area contributed by atoms with Crippen molar-refractivity contribution in [1.82, 2.24) is 0 Å². The molecule has 1 fully saturated rings. The third kappa shape index (κ3) is 2.86. The topological polar surface area (TPSA) is 26.3 Å². The Morgan fingerprint density at radius 3 is 2.53 bits per heavy atom. The highest BCUT2D eigenvalue weighted by Crippen LogP contribution is 2.46. The first-order valence-electron chi connectivity index (χ1n) is 5.90. The number of hydrogen-bond donors (Lipinski definition) is 0. The molecule has 2 nitrogen and oxygen atoms in total. The molecule has 3 heteroatoms. The average Bonchev–Trinajstić information content (AvgIpc) is 2.75. The minimum absolute atomic E-state index is 0.0236. The van der Waals surface area contributed by atoms with Crippen LogP contribution in [0.2, 0.25) is 0 Å². The standard InChI is InChI=1S/C12H21IO2/c1-3-4-7-10(13)12(11(14)15-2)8-5-6-9-12/h10H,3-9H2,1-2H3. The van der Waals surface area contributed by atoms with E-state index in [0.29, 0.717) is 3.92 Å². The molecular weight excluding hydrogens is 303 g/mol. The second-order valence-electron chi connectivity index (χ2n) is 4.46. The van der Waals surface area contributed by atoms with Gasteiger partial charge in [0.1, 0.15) is 0 Å². The molecular formula is C12H21IO2. The summed E-state index contributed by atoms with van der Waals surface area (Å²) in [6.07, 6.45) is 7.98. The van der Waals surface area contributed by atoms with E-state index in [9.17, 15) is 4.79 Å². The lowest BCUT2D eigenvalue weighted by atomic mass is 9.81. The zero-order valence-corrected chi connectivity index (χ0v) is 11.9. The summed E-state index contributed by atoms with van der Waals surface area (Å²) in [7, 11) is 1.52. The molecule has 1 saturated carbocycles. The van der Waals surface area contributed by atoms with Crippen molar-refractivity contribution < 1.29 is 9.53 Å². The summed E-state index contributed by atoms with van der Waals surface area (Å²) in [6, 6.07) is 0.